The molecule has 3 atom stereocenters. The average Bonchev–Trinajstić information content (AvgIpc) is 2.90. The molecule has 0 bridgehead atoms. The third-order valence-corrected chi connectivity index (χ3v) is 5.39. The van der Waals surface area contributed by atoms with Crippen LogP contribution in [0.15, 0.2) is 30.3 Å². The number of carboxylic acids is 1. The van der Waals surface area contributed by atoms with Crippen LogP contribution >= 0.6 is 0 Å². The number of benzene rings is 1. The van der Waals surface area contributed by atoms with Gasteiger partial charge in [-0.3, -0.25) is 29.0 Å². The average molecular weight is 444 g/mol. The number of carboxylic acid groups (broad SMARTS) is 1. The molecule has 4 amide bonds. The number of rotatable bonds is 7. The number of aldehydes is 1. The molecule has 11 heteroatoms. The lowest BCUT2D eigenvalue weighted by molar-refractivity contribution is -0.176. The molecule has 0 radical (unpaired) electrons. The minimum Gasteiger partial charge on any atom is -0.481 e. The van der Waals surface area contributed by atoms with Gasteiger partial charge >= 0.3 is 5.97 Å². The fourth-order valence-corrected chi connectivity index (χ4v) is 3.84. The van der Waals surface area contributed by atoms with Crippen molar-refractivity contribution >= 4 is 35.9 Å². The molecule has 2 saturated heterocycles. The molecular weight excluding hydrogens is 420 g/mol. The molecule has 0 unspecified atom stereocenters. The summed E-state index contributed by atoms with van der Waals surface area (Å²) in [4.78, 5) is 73.4. The number of carbonyl (C=O) groups is 6. The predicted molar refractivity (Wildman–Crippen MR) is 109 cm³/mol. The first kappa shape index (κ1) is 22.9. The Morgan fingerprint density at radius 1 is 1.16 bits per heavy atom. The van der Waals surface area contributed by atoms with E-state index in [9.17, 15) is 28.8 Å². The van der Waals surface area contributed by atoms with Crippen LogP contribution in [0.3, 0.4) is 0 Å². The maximum Gasteiger partial charge on any atom is 0.305 e. The van der Waals surface area contributed by atoms with Gasteiger partial charge in [-0.05, 0) is 31.4 Å². The van der Waals surface area contributed by atoms with Crippen molar-refractivity contribution in [1.29, 1.82) is 0 Å². The van der Waals surface area contributed by atoms with Gasteiger partial charge in [-0.1, -0.05) is 18.2 Å². The summed E-state index contributed by atoms with van der Waals surface area (Å²) < 4.78 is 0. The number of nitrogens with one attached hydrogen (secondary N) is 2. The van der Waals surface area contributed by atoms with Crippen LogP contribution in [0, 0.1) is 0 Å². The van der Waals surface area contributed by atoms with Crippen LogP contribution in [0.4, 0.5) is 0 Å². The summed E-state index contributed by atoms with van der Waals surface area (Å²) in [6.45, 7) is 0.236. The standard InChI is InChI=1S/C21H24N4O7/c26-12-14(11-18(28)29)22-20(31)16-7-4-10-24-17(27)9-8-15(21(32)25(16)24)23-19(30)13-5-2-1-3-6-13/h1-3,5-6,12,14-16H,4,7-11H2,(H,22,31)(H,23,30)(H,28,29)/t14-,15-,16-/m0/s1. The minimum absolute atomic E-state index is 0.00624. The van der Waals surface area contributed by atoms with Gasteiger partial charge in [0.15, 0.2) is 0 Å². The highest BCUT2D eigenvalue weighted by atomic mass is 16.4. The highest BCUT2D eigenvalue weighted by Gasteiger charge is 2.44. The van der Waals surface area contributed by atoms with Crippen molar-refractivity contribution in [3.63, 3.8) is 0 Å². The number of hydrogen-bond acceptors (Lipinski definition) is 6. The van der Waals surface area contributed by atoms with E-state index >= 15 is 0 Å². The van der Waals surface area contributed by atoms with Gasteiger partial charge in [0, 0.05) is 18.5 Å². The zero-order chi connectivity index (χ0) is 23.3. The van der Waals surface area contributed by atoms with E-state index in [1.54, 1.807) is 30.3 Å². The largest absolute Gasteiger partial charge is 0.481 e. The molecule has 170 valence electrons. The van der Waals surface area contributed by atoms with Crippen LogP contribution in [0.25, 0.3) is 0 Å². The third-order valence-electron chi connectivity index (χ3n) is 5.39. The lowest BCUT2D eigenvalue weighted by Gasteiger charge is -2.43. The summed E-state index contributed by atoms with van der Waals surface area (Å²) in [5.41, 5.74) is 0.350. The topological polar surface area (TPSA) is 153 Å². The molecule has 0 aliphatic carbocycles. The number of aliphatic carboxylic acids is 1. The van der Waals surface area contributed by atoms with Crippen molar-refractivity contribution in [2.75, 3.05) is 6.54 Å². The van der Waals surface area contributed by atoms with Crippen LogP contribution in [0.2, 0.25) is 0 Å². The van der Waals surface area contributed by atoms with Crippen molar-refractivity contribution in [3.8, 4) is 0 Å². The Morgan fingerprint density at radius 3 is 2.53 bits per heavy atom. The molecule has 2 aliphatic rings. The number of carbonyl (C=O) groups excluding carboxylic acids is 5. The molecular formula is C21H24N4O7. The van der Waals surface area contributed by atoms with Crippen molar-refractivity contribution in [3.05, 3.63) is 35.9 Å². The summed E-state index contributed by atoms with van der Waals surface area (Å²) in [6, 6.07) is 4.90. The van der Waals surface area contributed by atoms with E-state index in [0.717, 1.165) is 5.01 Å². The zero-order valence-electron chi connectivity index (χ0n) is 17.2. The minimum atomic E-state index is -1.27. The van der Waals surface area contributed by atoms with E-state index in [0.29, 0.717) is 18.3 Å². The zero-order valence-corrected chi connectivity index (χ0v) is 17.2. The van der Waals surface area contributed by atoms with Crippen LogP contribution in [-0.2, 0) is 24.0 Å². The van der Waals surface area contributed by atoms with Crippen molar-refractivity contribution in [2.45, 2.75) is 50.2 Å². The molecule has 0 spiro atoms. The molecule has 3 N–H and O–H groups in total. The van der Waals surface area contributed by atoms with Crippen molar-refractivity contribution in [1.82, 2.24) is 20.7 Å². The van der Waals surface area contributed by atoms with E-state index in [4.69, 9.17) is 5.11 Å². The molecule has 2 aliphatic heterocycles. The number of hydrogen-bond donors (Lipinski definition) is 3. The van der Waals surface area contributed by atoms with Gasteiger partial charge in [-0.2, -0.15) is 0 Å². The van der Waals surface area contributed by atoms with E-state index in [2.05, 4.69) is 10.6 Å². The highest BCUT2D eigenvalue weighted by Crippen LogP contribution is 2.25. The Hall–Kier alpha value is -3.76. The van der Waals surface area contributed by atoms with E-state index in [1.807, 2.05) is 0 Å². The monoisotopic (exact) mass is 444 g/mol. The van der Waals surface area contributed by atoms with Crippen molar-refractivity contribution in [2.24, 2.45) is 0 Å². The smallest absolute Gasteiger partial charge is 0.305 e. The second-order valence-electron chi connectivity index (χ2n) is 7.64. The number of amides is 4. The molecule has 1 aromatic carbocycles. The summed E-state index contributed by atoms with van der Waals surface area (Å²) in [7, 11) is 0. The molecule has 0 aromatic heterocycles. The summed E-state index contributed by atoms with van der Waals surface area (Å²) >= 11 is 0. The Bertz CT molecular complexity index is 920. The molecule has 11 nitrogen and oxygen atoms in total. The number of hydrazine groups is 1. The third kappa shape index (κ3) is 5.10. The molecule has 2 fully saturated rings. The van der Waals surface area contributed by atoms with Gasteiger partial charge < -0.3 is 20.5 Å². The molecule has 0 saturated carbocycles. The fourth-order valence-electron chi connectivity index (χ4n) is 3.84. The fraction of sp³-hybridized carbons (Fsp3) is 0.429. The lowest BCUT2D eigenvalue weighted by atomic mass is 10.0. The lowest BCUT2D eigenvalue weighted by Crippen LogP contribution is -2.64. The Labute approximate surface area is 183 Å². The SMILES string of the molecule is O=C[C@H](CC(=O)O)NC(=O)[C@@H]1CCCN2C(=O)CC[C@H](NC(=O)c3ccccc3)C(=O)N12. The molecule has 2 heterocycles. The van der Waals surface area contributed by atoms with Crippen LogP contribution in [0.5, 0.6) is 0 Å². The van der Waals surface area contributed by atoms with Gasteiger partial charge in [-0.15, -0.1) is 0 Å². The molecule has 3 rings (SSSR count). The first-order valence-corrected chi connectivity index (χ1v) is 10.3. The normalized spacial score (nSPS) is 21.8. The maximum absolute atomic E-state index is 13.3. The maximum atomic E-state index is 13.3. The van der Waals surface area contributed by atoms with E-state index < -0.39 is 48.2 Å². The number of fused-ring (bicyclic) bond motifs is 1. The second-order valence-corrected chi connectivity index (χ2v) is 7.64. The quantitative estimate of drug-likeness (QED) is 0.478. The second kappa shape index (κ2) is 10.0. The summed E-state index contributed by atoms with van der Waals surface area (Å²) in [5.74, 6) is -3.45. The van der Waals surface area contributed by atoms with Crippen LogP contribution in [0.1, 0.15) is 42.5 Å². The molecule has 32 heavy (non-hydrogen) atoms. The first-order chi connectivity index (χ1) is 15.3. The Balaban J connectivity index is 1.81. The predicted octanol–water partition coefficient (Wildman–Crippen LogP) is -0.528. The highest BCUT2D eigenvalue weighted by molar-refractivity contribution is 5.99. The van der Waals surface area contributed by atoms with Gasteiger partial charge in [-0.25, -0.2) is 5.01 Å². The molecule has 1 aromatic rings. The Kier molecular flexibility index (Phi) is 7.18. The van der Waals surface area contributed by atoms with Gasteiger partial charge in [0.2, 0.25) is 11.8 Å². The van der Waals surface area contributed by atoms with Crippen molar-refractivity contribution < 1.29 is 33.9 Å². The summed E-state index contributed by atoms with van der Waals surface area (Å²) in [6.07, 6.45) is 0.456. The Morgan fingerprint density at radius 2 is 1.88 bits per heavy atom. The van der Waals surface area contributed by atoms with Gasteiger partial charge in [0.1, 0.15) is 18.4 Å². The van der Waals surface area contributed by atoms with Crippen LogP contribution < -0.4 is 10.6 Å². The first-order valence-electron chi connectivity index (χ1n) is 10.3. The van der Waals surface area contributed by atoms with E-state index in [-0.39, 0.29) is 31.7 Å². The van der Waals surface area contributed by atoms with E-state index in [1.165, 1.54) is 5.01 Å². The summed E-state index contributed by atoms with van der Waals surface area (Å²) in [5, 5.41) is 16.1. The van der Waals surface area contributed by atoms with Gasteiger partial charge in [0.25, 0.3) is 11.8 Å². The van der Waals surface area contributed by atoms with Gasteiger partial charge in [0.05, 0.1) is 12.5 Å². The number of nitrogens with zero attached hydrogens (tertiary/aromatic N) is 2. The van der Waals surface area contributed by atoms with Crippen LogP contribution in [-0.4, -0.2) is 75.7 Å².